The molecule has 2 aliphatic rings. The maximum atomic E-state index is 12.0. The van der Waals surface area contributed by atoms with E-state index in [9.17, 15) is 21.6 Å². The molecule has 2 aliphatic carbocycles. The predicted octanol–water partition coefficient (Wildman–Crippen LogP) is 5.19. The van der Waals surface area contributed by atoms with Crippen molar-refractivity contribution in [3.05, 3.63) is 29.8 Å². The summed E-state index contributed by atoms with van der Waals surface area (Å²) in [5.41, 5.74) is -0.968. The highest BCUT2D eigenvalue weighted by molar-refractivity contribution is 7.85. The van der Waals surface area contributed by atoms with Gasteiger partial charge in [-0.05, 0) is 49.9 Å². The van der Waals surface area contributed by atoms with E-state index in [-0.39, 0.29) is 0 Å². The molecule has 0 amide bonds. The highest BCUT2D eigenvalue weighted by atomic mass is 32.2. The molecule has 0 heterocycles. The second-order valence-corrected chi connectivity index (χ2v) is 8.76. The van der Waals surface area contributed by atoms with Crippen molar-refractivity contribution >= 4 is 10.1 Å². The normalized spacial score (nSPS) is 20.0. The molecule has 0 spiro atoms. The first-order valence-electron chi connectivity index (χ1n) is 9.57. The summed E-state index contributed by atoms with van der Waals surface area (Å²) >= 11 is 0. The van der Waals surface area contributed by atoms with E-state index in [0.29, 0.717) is 24.3 Å². The molecule has 0 atom stereocenters. The van der Waals surface area contributed by atoms with Crippen molar-refractivity contribution < 1.29 is 26.1 Å². The first-order valence-corrected chi connectivity index (χ1v) is 11.0. The van der Waals surface area contributed by atoms with Crippen LogP contribution in [0.15, 0.2) is 29.2 Å². The van der Waals surface area contributed by atoms with Crippen molar-refractivity contribution in [2.75, 3.05) is 0 Å². The van der Waals surface area contributed by atoms with Crippen LogP contribution in [0.5, 0.6) is 0 Å². The fraction of sp³-hybridized carbons (Fsp3) is 0.684. The summed E-state index contributed by atoms with van der Waals surface area (Å²) in [4.78, 5) is -0.564. The van der Waals surface area contributed by atoms with Crippen molar-refractivity contribution in [3.63, 3.8) is 0 Å². The van der Waals surface area contributed by atoms with Gasteiger partial charge >= 0.3 is 6.18 Å². The van der Waals surface area contributed by atoms with Crippen molar-refractivity contribution in [1.82, 2.24) is 5.32 Å². The van der Waals surface area contributed by atoms with Crippen LogP contribution in [0.1, 0.15) is 69.8 Å². The van der Waals surface area contributed by atoms with Crippen LogP contribution in [0.4, 0.5) is 13.2 Å². The summed E-state index contributed by atoms with van der Waals surface area (Å²) in [6.45, 7) is 0. The predicted molar refractivity (Wildman–Crippen MR) is 98.1 cm³/mol. The number of hydrogen-bond acceptors (Lipinski definition) is 3. The number of alkyl halides is 3. The summed E-state index contributed by atoms with van der Waals surface area (Å²) in [5.74, 6) is 0. The van der Waals surface area contributed by atoms with Gasteiger partial charge in [0, 0.05) is 12.1 Å². The fourth-order valence-corrected chi connectivity index (χ4v) is 4.17. The van der Waals surface area contributed by atoms with E-state index < -0.39 is 26.8 Å². The molecule has 8 heteroatoms. The van der Waals surface area contributed by atoms with E-state index in [1.807, 2.05) is 0 Å². The molecule has 0 aliphatic heterocycles. The number of halogens is 3. The maximum absolute atomic E-state index is 12.0. The molecule has 1 aromatic carbocycles. The number of benzene rings is 1. The Labute approximate surface area is 159 Å². The Morgan fingerprint density at radius 1 is 0.815 bits per heavy atom. The molecule has 0 radical (unpaired) electrons. The van der Waals surface area contributed by atoms with Crippen LogP contribution in [0, 0.1) is 0 Å². The molecule has 2 fully saturated rings. The Morgan fingerprint density at radius 2 is 1.22 bits per heavy atom. The van der Waals surface area contributed by atoms with E-state index in [2.05, 4.69) is 5.32 Å². The molecule has 2 saturated carbocycles. The average Bonchev–Trinajstić information content (AvgIpc) is 2.63. The van der Waals surface area contributed by atoms with Crippen LogP contribution in [0.25, 0.3) is 0 Å². The van der Waals surface area contributed by atoms with Crippen molar-refractivity contribution in [1.29, 1.82) is 0 Å². The minimum atomic E-state index is -4.52. The van der Waals surface area contributed by atoms with Gasteiger partial charge in [-0.2, -0.15) is 21.6 Å². The van der Waals surface area contributed by atoms with Gasteiger partial charge in [0.2, 0.25) is 0 Å². The topological polar surface area (TPSA) is 66.4 Å². The lowest BCUT2D eigenvalue weighted by molar-refractivity contribution is -0.137. The zero-order valence-corrected chi connectivity index (χ0v) is 16.2. The van der Waals surface area contributed by atoms with Crippen LogP contribution in [-0.2, 0) is 16.3 Å². The van der Waals surface area contributed by atoms with E-state index in [1.165, 1.54) is 64.2 Å². The summed E-state index contributed by atoms with van der Waals surface area (Å²) < 4.78 is 65.4. The van der Waals surface area contributed by atoms with Crippen LogP contribution >= 0.6 is 0 Å². The number of nitrogens with one attached hydrogen (secondary N) is 1. The van der Waals surface area contributed by atoms with Crippen molar-refractivity contribution in [2.24, 2.45) is 0 Å². The number of rotatable bonds is 3. The van der Waals surface area contributed by atoms with E-state index in [4.69, 9.17) is 4.55 Å². The second kappa shape index (κ2) is 9.89. The minimum absolute atomic E-state index is 0.564. The maximum Gasteiger partial charge on any atom is 0.416 e. The van der Waals surface area contributed by atoms with Crippen LogP contribution in [0.3, 0.4) is 0 Å². The second-order valence-electron chi connectivity index (χ2n) is 7.33. The zero-order chi connectivity index (χ0) is 19.9. The Bertz CT molecular complexity index is 646. The Hall–Kier alpha value is -1.12. The van der Waals surface area contributed by atoms with Crippen LogP contribution < -0.4 is 5.32 Å². The summed E-state index contributed by atoms with van der Waals surface area (Å²) in [5, 5.41) is 3.86. The lowest BCUT2D eigenvalue weighted by Gasteiger charge is -2.30. The lowest BCUT2D eigenvalue weighted by Crippen LogP contribution is -2.40. The van der Waals surface area contributed by atoms with Crippen molar-refractivity contribution in [2.45, 2.75) is 87.4 Å². The van der Waals surface area contributed by atoms with Crippen LogP contribution in [-0.4, -0.2) is 25.1 Å². The first-order chi connectivity index (χ1) is 12.7. The quantitative estimate of drug-likeness (QED) is 0.677. The Balaban J connectivity index is 0.000000194. The van der Waals surface area contributed by atoms with Gasteiger partial charge in [-0.15, -0.1) is 0 Å². The molecular weight excluding hydrogens is 379 g/mol. The molecule has 1 aromatic rings. The van der Waals surface area contributed by atoms with Gasteiger partial charge in [0.25, 0.3) is 10.1 Å². The number of hydrogen-bond donors (Lipinski definition) is 2. The monoisotopic (exact) mass is 407 g/mol. The van der Waals surface area contributed by atoms with Crippen LogP contribution in [0.2, 0.25) is 0 Å². The fourth-order valence-electron chi connectivity index (χ4n) is 3.69. The molecule has 0 aromatic heterocycles. The van der Waals surface area contributed by atoms with Gasteiger partial charge in [0.15, 0.2) is 0 Å². The molecule has 0 bridgehead atoms. The van der Waals surface area contributed by atoms with Gasteiger partial charge in [-0.1, -0.05) is 38.5 Å². The molecular formula is C19H28F3NO3S. The average molecular weight is 407 g/mol. The molecule has 2 N–H and O–H groups in total. The molecule has 27 heavy (non-hydrogen) atoms. The Morgan fingerprint density at radius 3 is 1.56 bits per heavy atom. The molecule has 4 nitrogen and oxygen atoms in total. The third kappa shape index (κ3) is 7.79. The van der Waals surface area contributed by atoms with Gasteiger partial charge in [-0.3, -0.25) is 4.55 Å². The highest BCUT2D eigenvalue weighted by Gasteiger charge is 2.30. The Kier molecular flexibility index (Phi) is 8.12. The third-order valence-corrected chi connectivity index (χ3v) is 6.03. The van der Waals surface area contributed by atoms with E-state index >= 15 is 0 Å². The lowest BCUT2D eigenvalue weighted by atomic mass is 9.91. The van der Waals surface area contributed by atoms with Gasteiger partial charge in [-0.25, -0.2) is 0 Å². The standard InChI is InChI=1S/C12H23N.C7H5F3O3S/c1-3-7-11(8-4-1)13-12-9-5-2-6-10-12;8-7(9,10)5-1-3-6(4-2-5)14(11,12)13/h11-13H,1-10H2;1-4H,(H,11,12,13). The van der Waals surface area contributed by atoms with E-state index in [0.717, 1.165) is 12.1 Å². The molecule has 3 rings (SSSR count). The molecule has 154 valence electrons. The largest absolute Gasteiger partial charge is 0.416 e. The summed E-state index contributed by atoms with van der Waals surface area (Å²) in [7, 11) is -4.43. The first kappa shape index (κ1) is 22.2. The third-order valence-electron chi connectivity index (χ3n) is 5.16. The van der Waals surface area contributed by atoms with Gasteiger partial charge in [0.1, 0.15) is 0 Å². The van der Waals surface area contributed by atoms with Gasteiger partial charge < -0.3 is 5.32 Å². The van der Waals surface area contributed by atoms with E-state index in [1.54, 1.807) is 0 Å². The molecule has 0 saturated heterocycles. The molecule has 0 unspecified atom stereocenters. The van der Waals surface area contributed by atoms with Gasteiger partial charge in [0.05, 0.1) is 10.5 Å². The zero-order valence-electron chi connectivity index (χ0n) is 15.3. The SMILES string of the molecule is C1CCC(NC2CCCCC2)CC1.O=S(=O)(O)c1ccc(C(F)(F)F)cc1. The highest BCUT2D eigenvalue weighted by Crippen LogP contribution is 2.29. The van der Waals surface area contributed by atoms with Crippen molar-refractivity contribution in [3.8, 4) is 0 Å². The summed E-state index contributed by atoms with van der Waals surface area (Å²) in [6, 6.07) is 4.30. The summed E-state index contributed by atoms with van der Waals surface area (Å²) in [6.07, 6.45) is 10.0. The smallest absolute Gasteiger partial charge is 0.311 e. The minimum Gasteiger partial charge on any atom is -0.311 e.